The van der Waals surface area contributed by atoms with E-state index in [-0.39, 0.29) is 5.91 Å². The molecule has 0 aromatic rings. The summed E-state index contributed by atoms with van der Waals surface area (Å²) in [5.41, 5.74) is 5.51. The molecule has 1 aliphatic carbocycles. The highest BCUT2D eigenvalue weighted by Gasteiger charge is 2.34. The first-order chi connectivity index (χ1) is 8.19. The van der Waals surface area contributed by atoms with Crippen molar-refractivity contribution in [1.82, 2.24) is 5.32 Å². The minimum atomic E-state index is -0.609. The van der Waals surface area contributed by atoms with Gasteiger partial charge in [0.25, 0.3) is 0 Å². The second kappa shape index (κ2) is 7.67. The summed E-state index contributed by atoms with van der Waals surface area (Å²) in [6.45, 7) is 4.27. The second-order valence-electron chi connectivity index (χ2n) is 4.94. The Morgan fingerprint density at radius 1 is 1.29 bits per heavy atom. The number of rotatable bonds is 7. The molecule has 0 aromatic carbocycles. The Morgan fingerprint density at radius 2 is 2.00 bits per heavy atom. The predicted molar refractivity (Wildman–Crippen MR) is 68.7 cm³/mol. The average molecular weight is 242 g/mol. The molecular weight excluding hydrogens is 216 g/mol. The Labute approximate surface area is 104 Å². The summed E-state index contributed by atoms with van der Waals surface area (Å²) in [6.07, 6.45) is 6.90. The quantitative estimate of drug-likeness (QED) is 0.666. The zero-order valence-corrected chi connectivity index (χ0v) is 11.0. The van der Waals surface area contributed by atoms with E-state index in [1.807, 2.05) is 0 Å². The number of ether oxygens (including phenoxy) is 1. The molecular formula is C13H26N2O2. The van der Waals surface area contributed by atoms with Gasteiger partial charge < -0.3 is 15.8 Å². The smallest absolute Gasteiger partial charge is 0.240 e. The molecule has 0 radical (unpaired) electrons. The molecule has 0 heterocycles. The van der Waals surface area contributed by atoms with Gasteiger partial charge in [0.05, 0.1) is 5.54 Å². The molecule has 0 bridgehead atoms. The maximum atomic E-state index is 11.9. The molecule has 1 fully saturated rings. The summed E-state index contributed by atoms with van der Waals surface area (Å²) in [7, 11) is 0. The molecule has 4 heteroatoms. The molecule has 0 saturated heterocycles. The minimum absolute atomic E-state index is 0.0210. The minimum Gasteiger partial charge on any atom is -0.381 e. The number of carbonyl (C=O) groups is 1. The van der Waals surface area contributed by atoms with Gasteiger partial charge in [0.2, 0.25) is 5.91 Å². The molecule has 1 rings (SSSR count). The van der Waals surface area contributed by atoms with Gasteiger partial charge in [-0.3, -0.25) is 4.79 Å². The number of carbonyl (C=O) groups excluding carboxylic acids is 1. The molecule has 1 saturated carbocycles. The van der Waals surface area contributed by atoms with Gasteiger partial charge in [-0.05, 0) is 25.7 Å². The number of hydrogen-bond donors (Lipinski definition) is 2. The highest BCUT2D eigenvalue weighted by molar-refractivity contribution is 5.86. The van der Waals surface area contributed by atoms with Crippen molar-refractivity contribution in [1.29, 1.82) is 0 Å². The largest absolute Gasteiger partial charge is 0.381 e. The SMILES string of the molecule is CCCOCCCNC(=O)C1(N)CCCCC1. The lowest BCUT2D eigenvalue weighted by molar-refractivity contribution is -0.127. The van der Waals surface area contributed by atoms with Crippen LogP contribution in [0, 0.1) is 0 Å². The first-order valence-electron chi connectivity index (χ1n) is 6.84. The highest BCUT2D eigenvalue weighted by Crippen LogP contribution is 2.25. The Bertz CT molecular complexity index is 225. The van der Waals surface area contributed by atoms with Crippen LogP contribution in [0.4, 0.5) is 0 Å². The van der Waals surface area contributed by atoms with Crippen molar-refractivity contribution in [2.24, 2.45) is 5.73 Å². The van der Waals surface area contributed by atoms with Crippen LogP contribution in [0.3, 0.4) is 0 Å². The van der Waals surface area contributed by atoms with E-state index in [1.54, 1.807) is 0 Å². The molecule has 0 spiro atoms. The van der Waals surface area contributed by atoms with Gasteiger partial charge >= 0.3 is 0 Å². The van der Waals surface area contributed by atoms with Gasteiger partial charge in [-0.25, -0.2) is 0 Å². The average Bonchev–Trinajstić information content (AvgIpc) is 2.34. The summed E-state index contributed by atoms with van der Waals surface area (Å²) < 4.78 is 5.35. The normalized spacial score (nSPS) is 18.9. The maximum absolute atomic E-state index is 11.9. The fourth-order valence-electron chi connectivity index (χ4n) is 2.21. The fourth-order valence-corrected chi connectivity index (χ4v) is 2.21. The highest BCUT2D eigenvalue weighted by atomic mass is 16.5. The standard InChI is InChI=1S/C13H26N2O2/c1-2-10-17-11-6-9-15-12(16)13(14)7-4-3-5-8-13/h2-11,14H2,1H3,(H,15,16). The lowest BCUT2D eigenvalue weighted by Gasteiger charge is -2.31. The van der Waals surface area contributed by atoms with Crippen LogP contribution >= 0.6 is 0 Å². The number of hydrogen-bond acceptors (Lipinski definition) is 3. The van der Waals surface area contributed by atoms with Crippen LogP contribution in [0.2, 0.25) is 0 Å². The number of nitrogens with one attached hydrogen (secondary N) is 1. The van der Waals surface area contributed by atoms with Crippen LogP contribution < -0.4 is 11.1 Å². The summed E-state index contributed by atoms with van der Waals surface area (Å²) in [5, 5.41) is 2.93. The van der Waals surface area contributed by atoms with E-state index in [9.17, 15) is 4.79 Å². The molecule has 3 N–H and O–H groups in total. The zero-order valence-electron chi connectivity index (χ0n) is 11.0. The van der Waals surface area contributed by atoms with Crippen molar-refractivity contribution in [3.8, 4) is 0 Å². The van der Waals surface area contributed by atoms with E-state index in [2.05, 4.69) is 12.2 Å². The molecule has 1 amide bonds. The first kappa shape index (κ1) is 14.5. The lowest BCUT2D eigenvalue weighted by Crippen LogP contribution is -2.55. The van der Waals surface area contributed by atoms with Gasteiger partial charge in [-0.15, -0.1) is 0 Å². The van der Waals surface area contributed by atoms with Gasteiger partial charge in [-0.1, -0.05) is 26.2 Å². The third-order valence-corrected chi connectivity index (χ3v) is 3.30. The van der Waals surface area contributed by atoms with E-state index >= 15 is 0 Å². The van der Waals surface area contributed by atoms with E-state index in [4.69, 9.17) is 10.5 Å². The summed E-state index contributed by atoms with van der Waals surface area (Å²) >= 11 is 0. The molecule has 1 aliphatic rings. The van der Waals surface area contributed by atoms with Crippen molar-refractivity contribution in [3.05, 3.63) is 0 Å². The van der Waals surface area contributed by atoms with E-state index < -0.39 is 5.54 Å². The van der Waals surface area contributed by atoms with Crippen LogP contribution in [-0.4, -0.2) is 31.2 Å². The van der Waals surface area contributed by atoms with Gasteiger partial charge in [0.15, 0.2) is 0 Å². The van der Waals surface area contributed by atoms with Crippen LogP contribution in [0.15, 0.2) is 0 Å². The van der Waals surface area contributed by atoms with Gasteiger partial charge in [-0.2, -0.15) is 0 Å². The Hall–Kier alpha value is -0.610. The topological polar surface area (TPSA) is 64.3 Å². The number of amides is 1. The van der Waals surface area contributed by atoms with Crippen molar-refractivity contribution in [2.75, 3.05) is 19.8 Å². The molecule has 0 aliphatic heterocycles. The third-order valence-electron chi connectivity index (χ3n) is 3.30. The number of nitrogens with two attached hydrogens (primary N) is 1. The summed E-state index contributed by atoms with van der Waals surface area (Å²) in [6, 6.07) is 0. The Balaban J connectivity index is 2.11. The van der Waals surface area contributed by atoms with Crippen molar-refractivity contribution < 1.29 is 9.53 Å². The Kier molecular flexibility index (Phi) is 6.52. The van der Waals surface area contributed by atoms with E-state index in [0.717, 1.165) is 45.1 Å². The monoisotopic (exact) mass is 242 g/mol. The van der Waals surface area contributed by atoms with Gasteiger partial charge in [0.1, 0.15) is 0 Å². The molecule has 17 heavy (non-hydrogen) atoms. The third kappa shape index (κ3) is 5.04. The van der Waals surface area contributed by atoms with Crippen molar-refractivity contribution >= 4 is 5.91 Å². The molecule has 4 nitrogen and oxygen atoms in total. The summed E-state index contributed by atoms with van der Waals surface area (Å²) in [5.74, 6) is 0.0210. The molecule has 0 unspecified atom stereocenters. The Morgan fingerprint density at radius 3 is 2.65 bits per heavy atom. The fraction of sp³-hybridized carbons (Fsp3) is 0.923. The van der Waals surface area contributed by atoms with Crippen LogP contribution in [-0.2, 0) is 9.53 Å². The van der Waals surface area contributed by atoms with Crippen LogP contribution in [0.25, 0.3) is 0 Å². The van der Waals surface area contributed by atoms with Crippen molar-refractivity contribution in [2.45, 2.75) is 57.4 Å². The van der Waals surface area contributed by atoms with E-state index in [0.29, 0.717) is 13.2 Å². The lowest BCUT2D eigenvalue weighted by atomic mass is 9.82. The predicted octanol–water partition coefficient (Wildman–Crippen LogP) is 1.58. The molecule has 100 valence electrons. The van der Waals surface area contributed by atoms with E-state index in [1.165, 1.54) is 6.42 Å². The zero-order chi connectivity index (χ0) is 12.6. The maximum Gasteiger partial charge on any atom is 0.240 e. The van der Waals surface area contributed by atoms with Crippen molar-refractivity contribution in [3.63, 3.8) is 0 Å². The first-order valence-corrected chi connectivity index (χ1v) is 6.84. The molecule has 0 aromatic heterocycles. The molecule has 0 atom stereocenters. The second-order valence-corrected chi connectivity index (χ2v) is 4.94. The van der Waals surface area contributed by atoms with Gasteiger partial charge in [0, 0.05) is 19.8 Å². The van der Waals surface area contributed by atoms with Crippen LogP contribution in [0.1, 0.15) is 51.9 Å². The van der Waals surface area contributed by atoms with Crippen LogP contribution in [0.5, 0.6) is 0 Å². The summed E-state index contributed by atoms with van der Waals surface area (Å²) in [4.78, 5) is 11.9.